The van der Waals surface area contributed by atoms with Crippen LogP contribution in [0.5, 0.6) is 0 Å². The highest BCUT2D eigenvalue weighted by molar-refractivity contribution is 7.88. The third-order valence-corrected chi connectivity index (χ3v) is 4.11. The average Bonchev–Trinajstić information content (AvgIpc) is 2.91. The van der Waals surface area contributed by atoms with Gasteiger partial charge >= 0.3 is 0 Å². The fourth-order valence-corrected chi connectivity index (χ4v) is 2.90. The van der Waals surface area contributed by atoms with Crippen LogP contribution < -0.4 is 4.72 Å². The van der Waals surface area contributed by atoms with Crippen molar-refractivity contribution in [1.82, 2.24) is 19.6 Å². The Morgan fingerprint density at radius 3 is 3.05 bits per heavy atom. The molecule has 1 amide bonds. The number of hydrogen-bond acceptors (Lipinski definition) is 4. The summed E-state index contributed by atoms with van der Waals surface area (Å²) in [5.74, 6) is 1.14. The van der Waals surface area contributed by atoms with Gasteiger partial charge in [0.25, 0.3) is 0 Å². The van der Waals surface area contributed by atoms with E-state index in [1.165, 1.54) is 0 Å². The quantitative estimate of drug-likeness (QED) is 0.803. The van der Waals surface area contributed by atoms with Crippen LogP contribution in [0.1, 0.15) is 31.0 Å². The van der Waals surface area contributed by atoms with Crippen LogP contribution in [0, 0.1) is 0 Å². The number of aromatic nitrogens is 2. The van der Waals surface area contributed by atoms with Gasteiger partial charge in [0.2, 0.25) is 15.9 Å². The molecule has 1 aliphatic rings. The molecule has 1 atom stereocenters. The summed E-state index contributed by atoms with van der Waals surface area (Å²) in [6.07, 6.45) is 6.73. The lowest BCUT2D eigenvalue weighted by Gasteiger charge is -2.32. The molecule has 7 nitrogen and oxygen atoms in total. The number of aromatic amines is 1. The molecule has 1 aromatic rings. The molecule has 0 aliphatic carbocycles. The molecule has 0 radical (unpaired) electrons. The average molecular weight is 300 g/mol. The number of hydrogen-bond donors (Lipinski definition) is 2. The van der Waals surface area contributed by atoms with Gasteiger partial charge in [-0.15, -0.1) is 0 Å². The van der Waals surface area contributed by atoms with E-state index in [1.807, 2.05) is 0 Å². The SMILES string of the molecule is CS(=O)(=O)NCCC(=O)N1CCCC(c2ncc[nH]2)C1. The Hall–Kier alpha value is -1.41. The molecule has 1 saturated heterocycles. The van der Waals surface area contributed by atoms with Crippen LogP contribution in [0.25, 0.3) is 0 Å². The molecule has 20 heavy (non-hydrogen) atoms. The summed E-state index contributed by atoms with van der Waals surface area (Å²) in [6, 6.07) is 0. The molecule has 8 heteroatoms. The Balaban J connectivity index is 1.84. The van der Waals surface area contributed by atoms with Crippen LogP contribution in [0.15, 0.2) is 12.4 Å². The van der Waals surface area contributed by atoms with Crippen LogP contribution >= 0.6 is 0 Å². The van der Waals surface area contributed by atoms with Gasteiger partial charge in [0.15, 0.2) is 0 Å². The first-order valence-electron chi connectivity index (χ1n) is 6.67. The predicted molar refractivity (Wildman–Crippen MR) is 74.6 cm³/mol. The number of nitrogens with one attached hydrogen (secondary N) is 2. The second-order valence-electron chi connectivity index (χ2n) is 5.07. The number of imidazole rings is 1. The number of carbonyl (C=O) groups is 1. The van der Waals surface area contributed by atoms with Crippen molar-refractivity contribution in [2.75, 3.05) is 25.9 Å². The molecule has 0 spiro atoms. The normalized spacial score (nSPS) is 20.1. The van der Waals surface area contributed by atoms with Crippen LogP contribution in [0.2, 0.25) is 0 Å². The topological polar surface area (TPSA) is 95.2 Å². The molecule has 0 aromatic carbocycles. The van der Waals surface area contributed by atoms with Gasteiger partial charge in [-0.2, -0.15) is 0 Å². The second kappa shape index (κ2) is 6.36. The third-order valence-electron chi connectivity index (χ3n) is 3.38. The lowest BCUT2D eigenvalue weighted by molar-refractivity contribution is -0.132. The number of H-pyrrole nitrogens is 1. The Morgan fingerprint density at radius 2 is 2.40 bits per heavy atom. The number of nitrogens with zero attached hydrogens (tertiary/aromatic N) is 2. The summed E-state index contributed by atoms with van der Waals surface area (Å²) in [5, 5.41) is 0. The first-order valence-corrected chi connectivity index (χ1v) is 8.56. The monoisotopic (exact) mass is 300 g/mol. The molecule has 1 aromatic heterocycles. The maximum atomic E-state index is 12.1. The maximum Gasteiger partial charge on any atom is 0.223 e. The van der Waals surface area contributed by atoms with Crippen LogP contribution in [-0.2, 0) is 14.8 Å². The van der Waals surface area contributed by atoms with Gasteiger partial charge in [0, 0.05) is 44.4 Å². The molecule has 2 N–H and O–H groups in total. The highest BCUT2D eigenvalue weighted by atomic mass is 32.2. The molecule has 112 valence electrons. The van der Waals surface area contributed by atoms with Gasteiger partial charge in [0.1, 0.15) is 5.82 Å². The maximum absolute atomic E-state index is 12.1. The van der Waals surface area contributed by atoms with Gasteiger partial charge < -0.3 is 9.88 Å². The zero-order valence-corrected chi connectivity index (χ0v) is 12.3. The highest BCUT2D eigenvalue weighted by Crippen LogP contribution is 2.24. The van der Waals surface area contributed by atoms with Crippen molar-refractivity contribution in [2.45, 2.75) is 25.2 Å². The number of sulfonamides is 1. The highest BCUT2D eigenvalue weighted by Gasteiger charge is 2.25. The molecule has 1 fully saturated rings. The minimum atomic E-state index is -3.23. The summed E-state index contributed by atoms with van der Waals surface area (Å²) in [6.45, 7) is 1.53. The molecular formula is C12H20N4O3S. The van der Waals surface area contributed by atoms with Crippen molar-refractivity contribution < 1.29 is 13.2 Å². The molecule has 2 rings (SSSR count). The number of rotatable bonds is 5. The van der Waals surface area contributed by atoms with Crippen molar-refractivity contribution in [3.05, 3.63) is 18.2 Å². The lowest BCUT2D eigenvalue weighted by Crippen LogP contribution is -2.40. The van der Waals surface area contributed by atoms with E-state index in [0.29, 0.717) is 6.54 Å². The van der Waals surface area contributed by atoms with E-state index in [2.05, 4.69) is 14.7 Å². The van der Waals surface area contributed by atoms with E-state index >= 15 is 0 Å². The second-order valence-corrected chi connectivity index (χ2v) is 6.90. The fraction of sp³-hybridized carbons (Fsp3) is 0.667. The van der Waals surface area contributed by atoms with Crippen LogP contribution in [-0.4, -0.2) is 55.1 Å². The summed E-state index contributed by atoms with van der Waals surface area (Å²) >= 11 is 0. The lowest BCUT2D eigenvalue weighted by atomic mass is 9.97. The minimum absolute atomic E-state index is 0.0163. The number of likely N-dealkylation sites (tertiary alicyclic amines) is 1. The van der Waals surface area contributed by atoms with E-state index in [-0.39, 0.29) is 24.8 Å². The third kappa shape index (κ3) is 4.31. The number of amides is 1. The van der Waals surface area contributed by atoms with E-state index in [0.717, 1.165) is 31.5 Å². The van der Waals surface area contributed by atoms with Gasteiger partial charge in [-0.05, 0) is 12.8 Å². The van der Waals surface area contributed by atoms with E-state index in [1.54, 1.807) is 17.3 Å². The van der Waals surface area contributed by atoms with Crippen molar-refractivity contribution in [1.29, 1.82) is 0 Å². The van der Waals surface area contributed by atoms with E-state index in [9.17, 15) is 13.2 Å². The Morgan fingerprint density at radius 1 is 1.60 bits per heavy atom. The van der Waals surface area contributed by atoms with Crippen molar-refractivity contribution in [3.63, 3.8) is 0 Å². The largest absolute Gasteiger partial charge is 0.348 e. The van der Waals surface area contributed by atoms with Gasteiger partial charge in [-0.1, -0.05) is 0 Å². The zero-order valence-electron chi connectivity index (χ0n) is 11.5. The minimum Gasteiger partial charge on any atom is -0.348 e. The summed E-state index contributed by atoms with van der Waals surface area (Å²) in [7, 11) is -3.23. The number of carbonyl (C=O) groups excluding carboxylic acids is 1. The smallest absolute Gasteiger partial charge is 0.223 e. The molecular weight excluding hydrogens is 280 g/mol. The van der Waals surface area contributed by atoms with Crippen molar-refractivity contribution in [3.8, 4) is 0 Å². The Bertz CT molecular complexity index is 541. The Kier molecular flexibility index (Phi) is 4.77. The first kappa shape index (κ1) is 15.0. The number of piperidine rings is 1. The Labute approximate surface area is 118 Å². The van der Waals surface area contributed by atoms with E-state index < -0.39 is 10.0 Å². The summed E-state index contributed by atoms with van der Waals surface area (Å²) in [4.78, 5) is 21.2. The van der Waals surface area contributed by atoms with Gasteiger partial charge in [-0.25, -0.2) is 18.1 Å². The van der Waals surface area contributed by atoms with Crippen LogP contribution in [0.3, 0.4) is 0 Å². The standard InChI is InChI=1S/C12H20N4O3S/c1-20(18,19)15-5-4-11(17)16-8-2-3-10(9-16)12-13-6-7-14-12/h6-7,10,15H,2-5,8-9H2,1H3,(H,13,14). The van der Waals surface area contributed by atoms with Crippen LogP contribution in [0.4, 0.5) is 0 Å². The first-order chi connectivity index (χ1) is 9.46. The molecule has 1 unspecified atom stereocenters. The van der Waals surface area contributed by atoms with Crippen molar-refractivity contribution in [2.24, 2.45) is 0 Å². The predicted octanol–water partition coefficient (Wildman–Crippen LogP) is 0.0550. The van der Waals surface area contributed by atoms with Gasteiger partial charge in [0.05, 0.1) is 6.26 Å². The summed E-state index contributed by atoms with van der Waals surface area (Å²) in [5.41, 5.74) is 0. The zero-order chi connectivity index (χ0) is 14.6. The van der Waals surface area contributed by atoms with Crippen molar-refractivity contribution >= 4 is 15.9 Å². The molecule has 0 saturated carbocycles. The van der Waals surface area contributed by atoms with E-state index in [4.69, 9.17) is 0 Å². The fourth-order valence-electron chi connectivity index (χ4n) is 2.43. The summed E-state index contributed by atoms with van der Waals surface area (Å²) < 4.78 is 24.2. The van der Waals surface area contributed by atoms with Gasteiger partial charge in [-0.3, -0.25) is 4.79 Å². The molecule has 1 aliphatic heterocycles. The molecule has 0 bridgehead atoms. The molecule has 2 heterocycles.